The fraction of sp³-hybridized carbons (Fsp3) is 0.300. The molecule has 29 heavy (non-hydrogen) atoms. The number of nitrogens with one attached hydrogen (secondary N) is 2. The van der Waals surface area contributed by atoms with Crippen LogP contribution in [0.2, 0.25) is 0 Å². The number of hydrogen-bond donors (Lipinski definition) is 2. The Balaban J connectivity index is 1.56. The predicted molar refractivity (Wildman–Crippen MR) is 107 cm³/mol. The molecule has 0 unspecified atom stereocenters. The van der Waals surface area contributed by atoms with Crippen molar-refractivity contribution in [1.29, 1.82) is 0 Å². The number of para-hydroxylation sites is 1. The summed E-state index contributed by atoms with van der Waals surface area (Å²) in [7, 11) is -3.66. The number of anilines is 2. The van der Waals surface area contributed by atoms with Crippen LogP contribution in [-0.4, -0.2) is 50.8 Å². The van der Waals surface area contributed by atoms with Crippen LogP contribution in [0.4, 0.5) is 11.4 Å². The van der Waals surface area contributed by atoms with E-state index in [0.29, 0.717) is 37.7 Å². The number of sulfonamides is 1. The maximum Gasteiger partial charge on any atom is 0.243 e. The molecule has 1 fully saturated rings. The average Bonchev–Trinajstić information content (AvgIpc) is 2.74. The molecule has 2 N–H and O–H groups in total. The normalized spacial score (nSPS) is 19.9. The quantitative estimate of drug-likeness (QED) is 0.792. The molecule has 2 amide bonds. The van der Waals surface area contributed by atoms with Crippen LogP contribution in [-0.2, 0) is 24.3 Å². The van der Waals surface area contributed by atoms with Crippen LogP contribution in [0, 0.1) is 0 Å². The van der Waals surface area contributed by atoms with Gasteiger partial charge in [-0.15, -0.1) is 0 Å². The van der Waals surface area contributed by atoms with Crippen molar-refractivity contribution in [2.75, 3.05) is 36.9 Å². The van der Waals surface area contributed by atoms with Gasteiger partial charge in [0, 0.05) is 30.9 Å². The molecule has 4 rings (SSSR count). The first-order chi connectivity index (χ1) is 13.9. The zero-order chi connectivity index (χ0) is 20.4. The van der Waals surface area contributed by atoms with Crippen LogP contribution in [0.1, 0.15) is 17.9 Å². The zero-order valence-corrected chi connectivity index (χ0v) is 16.4. The summed E-state index contributed by atoms with van der Waals surface area (Å²) in [6.45, 7) is 1.32. The van der Waals surface area contributed by atoms with Crippen molar-refractivity contribution in [3.05, 3.63) is 54.1 Å². The summed E-state index contributed by atoms with van der Waals surface area (Å²) in [5, 5.41) is 5.52. The largest absolute Gasteiger partial charge is 0.379 e. The summed E-state index contributed by atoms with van der Waals surface area (Å²) >= 11 is 0. The zero-order valence-electron chi connectivity index (χ0n) is 15.6. The first-order valence-electron chi connectivity index (χ1n) is 9.33. The van der Waals surface area contributed by atoms with Crippen molar-refractivity contribution in [3.8, 4) is 0 Å². The molecule has 2 aromatic carbocycles. The highest BCUT2D eigenvalue weighted by Crippen LogP contribution is 2.33. The number of morpholine rings is 1. The second kappa shape index (κ2) is 7.94. The molecule has 0 aliphatic carbocycles. The van der Waals surface area contributed by atoms with Gasteiger partial charge >= 0.3 is 0 Å². The second-order valence-electron chi connectivity index (χ2n) is 6.93. The molecule has 9 heteroatoms. The van der Waals surface area contributed by atoms with Gasteiger partial charge in [-0.25, -0.2) is 8.42 Å². The maximum absolute atomic E-state index is 12.9. The Labute approximate surface area is 168 Å². The summed E-state index contributed by atoms with van der Waals surface area (Å²) < 4.78 is 32.3. The molecule has 8 nitrogen and oxygen atoms in total. The fourth-order valence-corrected chi connectivity index (χ4v) is 5.00. The number of hydrogen-bond acceptors (Lipinski definition) is 5. The minimum Gasteiger partial charge on any atom is -0.379 e. The van der Waals surface area contributed by atoms with E-state index in [-0.39, 0.29) is 23.1 Å². The van der Waals surface area contributed by atoms with Gasteiger partial charge in [-0.2, -0.15) is 4.31 Å². The van der Waals surface area contributed by atoms with Gasteiger partial charge in [0.25, 0.3) is 0 Å². The molecule has 0 spiro atoms. The van der Waals surface area contributed by atoms with Gasteiger partial charge < -0.3 is 15.4 Å². The molecule has 2 aliphatic rings. The van der Waals surface area contributed by atoms with Gasteiger partial charge in [0.05, 0.1) is 24.0 Å². The van der Waals surface area contributed by atoms with Crippen molar-refractivity contribution < 1.29 is 22.7 Å². The third kappa shape index (κ3) is 4.02. The summed E-state index contributed by atoms with van der Waals surface area (Å²) in [5.74, 6) is -1.22. The lowest BCUT2D eigenvalue weighted by Gasteiger charge is -2.26. The van der Waals surface area contributed by atoms with E-state index in [1.807, 2.05) is 6.07 Å². The number of rotatable bonds is 4. The van der Waals surface area contributed by atoms with Crippen molar-refractivity contribution in [2.24, 2.45) is 0 Å². The number of ether oxygens (including phenoxy) is 1. The number of amides is 2. The molecule has 1 atom stereocenters. The highest BCUT2D eigenvalue weighted by atomic mass is 32.2. The van der Waals surface area contributed by atoms with Gasteiger partial charge in [-0.05, 0) is 29.8 Å². The molecule has 1 saturated heterocycles. The van der Waals surface area contributed by atoms with Gasteiger partial charge in [-0.1, -0.05) is 24.3 Å². The molecular formula is C20H21N3O5S. The van der Waals surface area contributed by atoms with Crippen molar-refractivity contribution in [3.63, 3.8) is 0 Å². The van der Waals surface area contributed by atoms with E-state index in [0.717, 1.165) is 5.56 Å². The van der Waals surface area contributed by atoms with Crippen LogP contribution in [0.15, 0.2) is 53.4 Å². The summed E-state index contributed by atoms with van der Waals surface area (Å²) in [6, 6.07) is 13.3. The third-order valence-electron chi connectivity index (χ3n) is 5.03. The smallest absolute Gasteiger partial charge is 0.243 e. The standard InChI is InChI=1S/C20H21N3O5S/c24-19-13-17(16-6-1-2-7-18(16)22-19)20(25)21-14-4-3-5-15(12-14)29(26,27)23-8-10-28-11-9-23/h1-7,12,17H,8-11,13H2,(H,21,25)(H,22,24)/t17-/m1/s1. The van der Waals surface area contributed by atoms with Crippen LogP contribution in [0.3, 0.4) is 0 Å². The summed E-state index contributed by atoms with van der Waals surface area (Å²) in [6.07, 6.45) is 0.0363. The van der Waals surface area contributed by atoms with E-state index in [4.69, 9.17) is 4.74 Å². The molecular weight excluding hydrogens is 394 g/mol. The van der Waals surface area contributed by atoms with E-state index >= 15 is 0 Å². The van der Waals surface area contributed by atoms with Crippen LogP contribution < -0.4 is 10.6 Å². The van der Waals surface area contributed by atoms with E-state index in [9.17, 15) is 18.0 Å². The maximum atomic E-state index is 12.9. The highest BCUT2D eigenvalue weighted by Gasteiger charge is 2.31. The topological polar surface area (TPSA) is 105 Å². The Kier molecular flexibility index (Phi) is 5.35. The molecule has 0 aromatic heterocycles. The minimum absolute atomic E-state index is 0.0363. The highest BCUT2D eigenvalue weighted by molar-refractivity contribution is 7.89. The van der Waals surface area contributed by atoms with E-state index in [1.165, 1.54) is 16.4 Å². The van der Waals surface area contributed by atoms with E-state index < -0.39 is 15.9 Å². The molecule has 2 aliphatic heterocycles. The Bertz CT molecular complexity index is 1050. The van der Waals surface area contributed by atoms with Gasteiger partial charge in [0.2, 0.25) is 21.8 Å². The molecule has 2 aromatic rings. The number of fused-ring (bicyclic) bond motifs is 1. The van der Waals surface area contributed by atoms with Gasteiger partial charge in [-0.3, -0.25) is 9.59 Å². The predicted octanol–water partition coefficient (Wildman–Crippen LogP) is 1.77. The molecule has 152 valence electrons. The Morgan fingerprint density at radius 3 is 2.66 bits per heavy atom. The van der Waals surface area contributed by atoms with Crippen molar-refractivity contribution in [1.82, 2.24) is 4.31 Å². The monoisotopic (exact) mass is 415 g/mol. The van der Waals surface area contributed by atoms with Gasteiger partial charge in [0.15, 0.2) is 0 Å². The van der Waals surface area contributed by atoms with Crippen molar-refractivity contribution >= 4 is 33.2 Å². The minimum atomic E-state index is -3.66. The number of carbonyl (C=O) groups is 2. The SMILES string of the molecule is O=C1C[C@@H](C(=O)Nc2cccc(S(=O)(=O)N3CCOCC3)c2)c2ccccc2N1. The lowest BCUT2D eigenvalue weighted by Crippen LogP contribution is -2.40. The number of benzene rings is 2. The fourth-order valence-electron chi connectivity index (χ4n) is 3.54. The first kappa shape index (κ1) is 19.6. The van der Waals surface area contributed by atoms with Crippen LogP contribution >= 0.6 is 0 Å². The second-order valence-corrected chi connectivity index (χ2v) is 8.86. The Morgan fingerprint density at radius 2 is 1.86 bits per heavy atom. The summed E-state index contributed by atoms with van der Waals surface area (Å²) in [4.78, 5) is 24.9. The number of carbonyl (C=O) groups excluding carboxylic acids is 2. The molecule has 0 saturated carbocycles. The molecule has 0 radical (unpaired) electrons. The van der Waals surface area contributed by atoms with E-state index in [2.05, 4.69) is 10.6 Å². The van der Waals surface area contributed by atoms with Crippen LogP contribution in [0.5, 0.6) is 0 Å². The lowest BCUT2D eigenvalue weighted by molar-refractivity contribution is -0.123. The molecule has 0 bridgehead atoms. The average molecular weight is 415 g/mol. The Morgan fingerprint density at radius 1 is 1.10 bits per heavy atom. The Hall–Kier alpha value is -2.75. The third-order valence-corrected chi connectivity index (χ3v) is 6.92. The number of nitrogens with zero attached hydrogens (tertiary/aromatic N) is 1. The molecule has 2 heterocycles. The van der Waals surface area contributed by atoms with Crippen LogP contribution in [0.25, 0.3) is 0 Å². The van der Waals surface area contributed by atoms with Gasteiger partial charge in [0.1, 0.15) is 0 Å². The van der Waals surface area contributed by atoms with E-state index in [1.54, 1.807) is 30.3 Å². The first-order valence-corrected chi connectivity index (χ1v) is 10.8. The lowest BCUT2D eigenvalue weighted by atomic mass is 9.90. The van der Waals surface area contributed by atoms with Crippen molar-refractivity contribution in [2.45, 2.75) is 17.2 Å². The summed E-state index contributed by atoms with van der Waals surface area (Å²) in [5.41, 5.74) is 1.72.